The van der Waals surface area contributed by atoms with E-state index in [4.69, 9.17) is 20.4 Å². The number of aromatic amines is 1. The quantitative estimate of drug-likeness (QED) is 0.430. The third-order valence-corrected chi connectivity index (χ3v) is 6.93. The Kier molecular flexibility index (Phi) is 6.08. The average Bonchev–Trinajstić information content (AvgIpc) is 3.38. The van der Waals surface area contributed by atoms with Crippen LogP contribution in [0.15, 0.2) is 36.7 Å². The Morgan fingerprint density at radius 2 is 1.73 bits per heavy atom. The first-order valence-corrected chi connectivity index (χ1v) is 12.3. The van der Waals surface area contributed by atoms with Gasteiger partial charge in [-0.3, -0.25) is 9.89 Å². The fourth-order valence-electron chi connectivity index (χ4n) is 4.94. The molecule has 0 bridgehead atoms. The summed E-state index contributed by atoms with van der Waals surface area (Å²) in [6.07, 6.45) is 4.79. The lowest BCUT2D eigenvalue weighted by Gasteiger charge is -2.31. The number of likely N-dealkylation sites (tertiary alicyclic amines) is 1. The largest absolute Gasteiger partial charge is 0.378 e. The van der Waals surface area contributed by atoms with E-state index in [2.05, 4.69) is 25.1 Å². The maximum Gasteiger partial charge on any atom is 0.253 e. The first-order valence-electron chi connectivity index (χ1n) is 12.3. The molecule has 2 aliphatic rings. The van der Waals surface area contributed by atoms with Crippen molar-refractivity contribution < 1.29 is 13.9 Å². The topological polar surface area (TPSA) is 139 Å². The molecule has 0 saturated carbocycles. The van der Waals surface area contributed by atoms with Gasteiger partial charge in [0.2, 0.25) is 11.9 Å². The van der Waals surface area contributed by atoms with Gasteiger partial charge in [0.1, 0.15) is 5.82 Å². The Bertz CT molecular complexity index is 1410. The van der Waals surface area contributed by atoms with Crippen LogP contribution in [0.25, 0.3) is 22.3 Å². The molecule has 0 unspecified atom stereocenters. The normalized spacial score (nSPS) is 16.9. The summed E-state index contributed by atoms with van der Waals surface area (Å²) >= 11 is 0. The number of aromatic nitrogens is 6. The molecule has 1 aromatic carbocycles. The number of nitrogen functional groups attached to an aromatic ring is 1. The molecule has 2 fully saturated rings. The van der Waals surface area contributed by atoms with Gasteiger partial charge in [0.15, 0.2) is 5.65 Å². The summed E-state index contributed by atoms with van der Waals surface area (Å²) in [7, 11) is 0. The number of hydrogen-bond acceptors (Lipinski definition) is 9. The Morgan fingerprint density at radius 3 is 2.43 bits per heavy atom. The van der Waals surface area contributed by atoms with Crippen LogP contribution in [-0.4, -0.2) is 80.3 Å². The zero-order valence-corrected chi connectivity index (χ0v) is 20.1. The van der Waals surface area contributed by atoms with Gasteiger partial charge in [-0.1, -0.05) is 0 Å². The molecule has 2 aliphatic heterocycles. The molecule has 0 aliphatic carbocycles. The third kappa shape index (κ3) is 4.55. The number of amides is 1. The first-order chi connectivity index (χ1) is 18.1. The maximum atomic E-state index is 13.3. The second kappa shape index (κ2) is 9.69. The predicted octanol–water partition coefficient (Wildman–Crippen LogP) is 2.39. The predicted molar refractivity (Wildman–Crippen MR) is 134 cm³/mol. The zero-order valence-electron chi connectivity index (χ0n) is 20.1. The Balaban J connectivity index is 1.31. The number of fused-ring (bicyclic) bond motifs is 1. The van der Waals surface area contributed by atoms with E-state index in [-0.39, 0.29) is 23.6 Å². The molecule has 0 radical (unpaired) electrons. The highest BCUT2D eigenvalue weighted by Gasteiger charge is 2.30. The summed E-state index contributed by atoms with van der Waals surface area (Å²) in [6.45, 7) is 3.77. The molecule has 3 aromatic heterocycles. The lowest BCUT2D eigenvalue weighted by Crippen LogP contribution is -2.38. The van der Waals surface area contributed by atoms with Crippen LogP contribution in [0.1, 0.15) is 34.8 Å². The van der Waals surface area contributed by atoms with Crippen LogP contribution in [0.5, 0.6) is 0 Å². The molecule has 0 spiro atoms. The van der Waals surface area contributed by atoms with E-state index in [1.54, 1.807) is 17.3 Å². The first kappa shape index (κ1) is 23.2. The van der Waals surface area contributed by atoms with Gasteiger partial charge in [-0.05, 0) is 37.1 Å². The molecule has 3 N–H and O–H groups in total. The van der Waals surface area contributed by atoms with Crippen LogP contribution in [0.4, 0.5) is 16.3 Å². The minimum Gasteiger partial charge on any atom is -0.378 e. The Labute approximate surface area is 211 Å². The van der Waals surface area contributed by atoms with Crippen molar-refractivity contribution in [1.29, 1.82) is 0 Å². The SMILES string of the molecule is Nc1ncc(-c2nc(N3CCOCC3)nc3[nH]nc(C4CCN(C(=O)c5ccc(F)cc5)CC4)c23)cn1. The van der Waals surface area contributed by atoms with Gasteiger partial charge in [0.05, 0.1) is 30.0 Å². The second-order valence-corrected chi connectivity index (χ2v) is 9.21. The molecular weight excluding hydrogens is 477 g/mol. The number of benzene rings is 1. The average molecular weight is 504 g/mol. The van der Waals surface area contributed by atoms with E-state index in [1.807, 2.05) is 0 Å². The van der Waals surface area contributed by atoms with Crippen molar-refractivity contribution in [3.63, 3.8) is 0 Å². The number of morpholine rings is 1. The van der Waals surface area contributed by atoms with Crippen molar-refractivity contribution in [2.75, 3.05) is 50.0 Å². The van der Waals surface area contributed by atoms with Crippen LogP contribution in [0.2, 0.25) is 0 Å². The van der Waals surface area contributed by atoms with Crippen molar-refractivity contribution >= 4 is 28.8 Å². The highest BCUT2D eigenvalue weighted by molar-refractivity contribution is 5.95. The molecule has 1 amide bonds. The lowest BCUT2D eigenvalue weighted by atomic mass is 9.90. The Hall–Kier alpha value is -4.19. The van der Waals surface area contributed by atoms with Gasteiger partial charge < -0.3 is 20.3 Å². The number of carbonyl (C=O) groups excluding carboxylic acids is 1. The fourth-order valence-corrected chi connectivity index (χ4v) is 4.94. The number of halogens is 1. The van der Waals surface area contributed by atoms with Crippen molar-refractivity contribution in [2.24, 2.45) is 0 Å². The van der Waals surface area contributed by atoms with Crippen LogP contribution >= 0.6 is 0 Å². The summed E-state index contributed by atoms with van der Waals surface area (Å²) in [4.78, 5) is 34.8. The molecule has 6 rings (SSSR count). The molecule has 12 heteroatoms. The van der Waals surface area contributed by atoms with Crippen molar-refractivity contribution in [3.8, 4) is 11.3 Å². The third-order valence-electron chi connectivity index (χ3n) is 6.93. The molecule has 4 aromatic rings. The summed E-state index contributed by atoms with van der Waals surface area (Å²) in [5.41, 5.74) is 9.14. The lowest BCUT2D eigenvalue weighted by molar-refractivity contribution is 0.0712. The monoisotopic (exact) mass is 503 g/mol. The molecule has 11 nitrogen and oxygen atoms in total. The number of rotatable bonds is 4. The molecule has 190 valence electrons. The van der Waals surface area contributed by atoms with Gasteiger partial charge in [0, 0.05) is 55.6 Å². The van der Waals surface area contributed by atoms with Gasteiger partial charge in [-0.25, -0.2) is 19.3 Å². The van der Waals surface area contributed by atoms with E-state index >= 15 is 0 Å². The molecule has 37 heavy (non-hydrogen) atoms. The van der Waals surface area contributed by atoms with Crippen molar-refractivity contribution in [2.45, 2.75) is 18.8 Å². The van der Waals surface area contributed by atoms with E-state index in [0.29, 0.717) is 62.2 Å². The summed E-state index contributed by atoms with van der Waals surface area (Å²) in [5, 5.41) is 8.60. The highest BCUT2D eigenvalue weighted by atomic mass is 19.1. The smallest absolute Gasteiger partial charge is 0.253 e. The number of ether oxygens (including phenoxy) is 1. The van der Waals surface area contributed by atoms with Gasteiger partial charge in [-0.2, -0.15) is 10.1 Å². The highest BCUT2D eigenvalue weighted by Crippen LogP contribution is 2.36. The number of hydrogen-bond donors (Lipinski definition) is 2. The van der Waals surface area contributed by atoms with Crippen molar-refractivity contribution in [3.05, 3.63) is 53.7 Å². The molecule has 2 saturated heterocycles. The summed E-state index contributed by atoms with van der Waals surface area (Å²) in [6, 6.07) is 5.66. The standard InChI is InChI=1S/C25H26FN9O2/c26-18-3-1-16(2-4-18)23(36)34-7-5-15(6-8-34)21-19-20(17-13-28-24(27)29-14-17)30-25(31-22(19)33-32-21)35-9-11-37-12-10-35/h1-4,13-15H,5-12H2,(H2,27,28,29)(H,30,31,32,33). The molecule has 0 atom stereocenters. The number of nitrogens with one attached hydrogen (secondary N) is 1. The summed E-state index contributed by atoms with van der Waals surface area (Å²) < 4.78 is 18.7. The second-order valence-electron chi connectivity index (χ2n) is 9.21. The number of carbonyl (C=O) groups is 1. The van der Waals surface area contributed by atoms with Crippen LogP contribution in [0.3, 0.4) is 0 Å². The zero-order chi connectivity index (χ0) is 25.4. The number of nitrogens with two attached hydrogens (primary N) is 1. The van der Waals surface area contributed by atoms with Crippen LogP contribution in [-0.2, 0) is 4.74 Å². The fraction of sp³-hybridized carbons (Fsp3) is 0.360. The Morgan fingerprint density at radius 1 is 1.03 bits per heavy atom. The van der Waals surface area contributed by atoms with E-state index < -0.39 is 0 Å². The number of H-pyrrole nitrogens is 1. The van der Waals surface area contributed by atoms with Crippen molar-refractivity contribution in [1.82, 2.24) is 35.0 Å². The van der Waals surface area contributed by atoms with E-state index in [1.165, 1.54) is 24.3 Å². The van der Waals surface area contributed by atoms with E-state index in [0.717, 1.165) is 29.5 Å². The van der Waals surface area contributed by atoms with Gasteiger partial charge in [-0.15, -0.1) is 0 Å². The van der Waals surface area contributed by atoms with Crippen LogP contribution < -0.4 is 10.6 Å². The van der Waals surface area contributed by atoms with Crippen LogP contribution in [0, 0.1) is 5.82 Å². The van der Waals surface area contributed by atoms with Gasteiger partial charge in [0.25, 0.3) is 5.91 Å². The molecular formula is C25H26FN9O2. The number of anilines is 2. The van der Waals surface area contributed by atoms with E-state index in [9.17, 15) is 9.18 Å². The number of piperidine rings is 1. The summed E-state index contributed by atoms with van der Waals surface area (Å²) in [5.74, 6) is 0.438. The minimum atomic E-state index is -0.359. The molecule has 5 heterocycles. The van der Waals surface area contributed by atoms with Gasteiger partial charge >= 0.3 is 0 Å². The number of nitrogens with zero attached hydrogens (tertiary/aromatic N) is 7. The minimum absolute atomic E-state index is 0.0939. The maximum absolute atomic E-state index is 13.3.